The Balaban J connectivity index is 1.48. The molecule has 13 nitrogen and oxygen atoms in total. The molecule has 3 rings (SSSR count). The van der Waals surface area contributed by atoms with Gasteiger partial charge in [0.2, 0.25) is 5.91 Å². The Labute approximate surface area is 177 Å². The minimum Gasteiger partial charge on any atom is -0.395 e. The number of unbranched alkanes of at least 4 members (excludes halogenated alkanes) is 2. The number of nitrogens with one attached hydrogen (secondary N) is 2. The van der Waals surface area contributed by atoms with Crippen molar-refractivity contribution in [3.63, 3.8) is 0 Å². The van der Waals surface area contributed by atoms with Crippen molar-refractivity contribution in [1.82, 2.24) is 30.2 Å². The highest BCUT2D eigenvalue weighted by atomic mass is 16.6. The maximum atomic E-state index is 12.4. The summed E-state index contributed by atoms with van der Waals surface area (Å²) in [7, 11) is 0. The number of amides is 2. The van der Waals surface area contributed by atoms with E-state index in [9.17, 15) is 19.8 Å². The van der Waals surface area contributed by atoms with Gasteiger partial charge in [0.1, 0.15) is 24.1 Å². The van der Waals surface area contributed by atoms with Crippen molar-refractivity contribution in [2.45, 2.75) is 50.2 Å². The molecule has 2 aromatic heterocycles. The van der Waals surface area contributed by atoms with E-state index >= 15 is 0 Å². The third-order valence-electron chi connectivity index (χ3n) is 4.97. The summed E-state index contributed by atoms with van der Waals surface area (Å²) in [6, 6.07) is 0. The Morgan fingerprint density at radius 3 is 2.68 bits per heavy atom. The zero-order chi connectivity index (χ0) is 22.4. The standard InChI is InChI=1S/C18H27N7O6/c19-15-11-16(23-8-22-15)25(9-24-11)18-13(29)12(28)14(31-18)17(30)21-5-3-1-2-4-10(27)20-6-7-26/h8-9,12-14,18,26,28-29H,1-7H2,(H,20,27)(H,21,30)(H2,19,22,23)/t12-,13+,14-,18+/m0/s1. The Hall–Kier alpha value is -2.87. The van der Waals surface area contributed by atoms with Gasteiger partial charge in [-0.25, -0.2) is 15.0 Å². The summed E-state index contributed by atoms with van der Waals surface area (Å²) >= 11 is 0. The number of carbonyl (C=O) groups is 2. The number of imidazole rings is 1. The number of anilines is 1. The number of nitrogens with zero attached hydrogens (tertiary/aromatic N) is 4. The van der Waals surface area contributed by atoms with Crippen molar-refractivity contribution >= 4 is 28.8 Å². The predicted molar refractivity (Wildman–Crippen MR) is 107 cm³/mol. The molecule has 7 N–H and O–H groups in total. The highest BCUT2D eigenvalue weighted by molar-refractivity contribution is 5.82. The van der Waals surface area contributed by atoms with E-state index in [0.29, 0.717) is 43.4 Å². The Kier molecular flexibility index (Phi) is 7.68. The van der Waals surface area contributed by atoms with E-state index in [4.69, 9.17) is 15.6 Å². The molecule has 0 radical (unpaired) electrons. The summed E-state index contributed by atoms with van der Waals surface area (Å²) in [5.41, 5.74) is 6.39. The van der Waals surface area contributed by atoms with E-state index in [2.05, 4.69) is 25.6 Å². The molecule has 170 valence electrons. The SMILES string of the molecule is Nc1ncnc2c1ncn2[C@@H]1O[C@H](C(=O)NCCCCCC(=O)NCCO)[C@@H](O)[C@H]1O. The summed E-state index contributed by atoms with van der Waals surface area (Å²) < 4.78 is 7.02. The van der Waals surface area contributed by atoms with Crippen LogP contribution in [0, 0.1) is 0 Å². The number of rotatable bonds is 10. The van der Waals surface area contributed by atoms with Gasteiger partial charge in [-0.05, 0) is 12.8 Å². The average Bonchev–Trinajstić information content (AvgIpc) is 3.31. The normalized spacial score (nSPS) is 23.2. The molecule has 13 heteroatoms. The van der Waals surface area contributed by atoms with Crippen LogP contribution in [0.2, 0.25) is 0 Å². The van der Waals surface area contributed by atoms with Crippen molar-refractivity contribution in [3.05, 3.63) is 12.7 Å². The second kappa shape index (κ2) is 10.4. The molecule has 0 spiro atoms. The van der Waals surface area contributed by atoms with Gasteiger partial charge in [0, 0.05) is 19.5 Å². The van der Waals surface area contributed by atoms with Crippen LogP contribution in [-0.4, -0.2) is 84.7 Å². The lowest BCUT2D eigenvalue weighted by Crippen LogP contribution is -2.43. The fourth-order valence-electron chi connectivity index (χ4n) is 3.35. The molecular weight excluding hydrogens is 410 g/mol. The molecule has 0 aliphatic carbocycles. The van der Waals surface area contributed by atoms with Crippen LogP contribution >= 0.6 is 0 Å². The summed E-state index contributed by atoms with van der Waals surface area (Å²) in [5.74, 6) is -0.509. The van der Waals surface area contributed by atoms with Crippen LogP contribution in [0.25, 0.3) is 11.2 Å². The van der Waals surface area contributed by atoms with Gasteiger partial charge in [0.15, 0.2) is 23.8 Å². The van der Waals surface area contributed by atoms with Crippen molar-refractivity contribution in [2.75, 3.05) is 25.4 Å². The van der Waals surface area contributed by atoms with E-state index in [1.807, 2.05) is 0 Å². The largest absolute Gasteiger partial charge is 0.395 e. The van der Waals surface area contributed by atoms with Crippen LogP contribution < -0.4 is 16.4 Å². The minimum atomic E-state index is -1.43. The smallest absolute Gasteiger partial charge is 0.252 e. The second-order valence-electron chi connectivity index (χ2n) is 7.19. The number of hydrogen-bond donors (Lipinski definition) is 6. The lowest BCUT2D eigenvalue weighted by Gasteiger charge is -2.16. The molecule has 0 unspecified atom stereocenters. The van der Waals surface area contributed by atoms with E-state index < -0.39 is 30.4 Å². The van der Waals surface area contributed by atoms with Crippen LogP contribution in [0.1, 0.15) is 31.9 Å². The number of nitrogens with two attached hydrogens (primary N) is 1. The van der Waals surface area contributed by atoms with Gasteiger partial charge in [-0.15, -0.1) is 0 Å². The third kappa shape index (κ3) is 5.25. The van der Waals surface area contributed by atoms with Gasteiger partial charge in [0.25, 0.3) is 5.91 Å². The number of carbonyl (C=O) groups excluding carboxylic acids is 2. The van der Waals surface area contributed by atoms with Crippen molar-refractivity contribution in [1.29, 1.82) is 0 Å². The van der Waals surface area contributed by atoms with Crippen LogP contribution in [-0.2, 0) is 14.3 Å². The zero-order valence-electron chi connectivity index (χ0n) is 16.8. The fourth-order valence-corrected chi connectivity index (χ4v) is 3.35. The molecule has 2 amide bonds. The maximum absolute atomic E-state index is 12.4. The summed E-state index contributed by atoms with van der Waals surface area (Å²) in [6.07, 6.45) is -0.192. The topological polar surface area (TPSA) is 198 Å². The van der Waals surface area contributed by atoms with Crippen molar-refractivity contribution in [2.24, 2.45) is 0 Å². The first-order valence-corrected chi connectivity index (χ1v) is 10.0. The molecule has 3 heterocycles. The van der Waals surface area contributed by atoms with Gasteiger partial charge in [0.05, 0.1) is 12.9 Å². The molecule has 1 aliphatic rings. The number of hydrogen-bond acceptors (Lipinski definition) is 10. The molecule has 4 atom stereocenters. The molecule has 0 saturated carbocycles. The number of fused-ring (bicyclic) bond motifs is 1. The van der Waals surface area contributed by atoms with Crippen molar-refractivity contribution in [3.8, 4) is 0 Å². The highest BCUT2D eigenvalue weighted by Gasteiger charge is 2.47. The van der Waals surface area contributed by atoms with Gasteiger partial charge >= 0.3 is 0 Å². The van der Waals surface area contributed by atoms with Crippen LogP contribution in [0.4, 0.5) is 5.82 Å². The predicted octanol–water partition coefficient (Wildman–Crippen LogP) is -2.19. The Bertz CT molecular complexity index is 907. The molecule has 1 saturated heterocycles. The van der Waals surface area contributed by atoms with Crippen LogP contribution in [0.5, 0.6) is 0 Å². The summed E-state index contributed by atoms with van der Waals surface area (Å²) in [5, 5.41) is 34.6. The lowest BCUT2D eigenvalue weighted by molar-refractivity contribution is -0.137. The van der Waals surface area contributed by atoms with E-state index in [1.165, 1.54) is 17.2 Å². The molecule has 2 aromatic rings. The minimum absolute atomic E-state index is 0.0960. The highest BCUT2D eigenvalue weighted by Crippen LogP contribution is 2.32. The molecular formula is C18H27N7O6. The van der Waals surface area contributed by atoms with Crippen LogP contribution in [0.3, 0.4) is 0 Å². The number of ether oxygens (including phenoxy) is 1. The zero-order valence-corrected chi connectivity index (χ0v) is 16.8. The molecule has 1 aliphatic heterocycles. The quantitative estimate of drug-likeness (QED) is 0.222. The first-order chi connectivity index (χ1) is 14.9. The molecule has 0 bridgehead atoms. The van der Waals surface area contributed by atoms with E-state index in [-0.39, 0.29) is 24.9 Å². The molecule has 0 aromatic carbocycles. The number of aliphatic hydroxyl groups is 3. The van der Waals surface area contributed by atoms with Crippen molar-refractivity contribution < 1.29 is 29.6 Å². The van der Waals surface area contributed by atoms with E-state index in [0.717, 1.165) is 0 Å². The third-order valence-corrected chi connectivity index (χ3v) is 4.97. The summed E-state index contributed by atoms with van der Waals surface area (Å²) in [4.78, 5) is 35.9. The van der Waals surface area contributed by atoms with Gasteiger partial charge in [-0.3, -0.25) is 14.2 Å². The van der Waals surface area contributed by atoms with E-state index in [1.54, 1.807) is 0 Å². The first kappa shape index (κ1) is 22.8. The Morgan fingerprint density at radius 1 is 1.10 bits per heavy atom. The van der Waals surface area contributed by atoms with Gasteiger partial charge in [-0.2, -0.15) is 0 Å². The lowest BCUT2D eigenvalue weighted by atomic mass is 10.1. The first-order valence-electron chi connectivity index (χ1n) is 10.0. The molecule has 31 heavy (non-hydrogen) atoms. The van der Waals surface area contributed by atoms with Gasteiger partial charge < -0.3 is 36.4 Å². The summed E-state index contributed by atoms with van der Waals surface area (Å²) in [6.45, 7) is 0.476. The Morgan fingerprint density at radius 2 is 1.90 bits per heavy atom. The average molecular weight is 437 g/mol. The molecule has 1 fully saturated rings. The number of nitrogen functional groups attached to an aromatic ring is 1. The fraction of sp³-hybridized carbons (Fsp3) is 0.611. The van der Waals surface area contributed by atoms with Gasteiger partial charge in [-0.1, -0.05) is 6.42 Å². The monoisotopic (exact) mass is 437 g/mol. The van der Waals surface area contributed by atoms with Crippen LogP contribution in [0.15, 0.2) is 12.7 Å². The number of aromatic nitrogens is 4. The second-order valence-corrected chi connectivity index (χ2v) is 7.19. The maximum Gasteiger partial charge on any atom is 0.252 e. The number of aliphatic hydroxyl groups excluding tert-OH is 3.